The van der Waals surface area contributed by atoms with Gasteiger partial charge in [-0.3, -0.25) is 9.59 Å². The highest BCUT2D eigenvalue weighted by Crippen LogP contribution is 2.22. The topological polar surface area (TPSA) is 54.8 Å². The van der Waals surface area contributed by atoms with Crippen molar-refractivity contribution >= 4 is 23.4 Å². The van der Waals surface area contributed by atoms with E-state index in [0.717, 1.165) is 12.8 Å². The normalized spacial score (nSPS) is 22.3. The largest absolute Gasteiger partial charge is 0.378 e. The van der Waals surface area contributed by atoms with E-state index < -0.39 is 0 Å². The van der Waals surface area contributed by atoms with Crippen LogP contribution in [0.25, 0.3) is 0 Å². The number of likely N-dealkylation sites (tertiary alicyclic amines) is 1. The maximum atomic E-state index is 12.7. The first-order chi connectivity index (χ1) is 11.1. The van der Waals surface area contributed by atoms with Gasteiger partial charge in [-0.2, -0.15) is 0 Å². The molecule has 0 bridgehead atoms. The van der Waals surface area contributed by atoms with Crippen molar-refractivity contribution in [3.05, 3.63) is 23.0 Å². The van der Waals surface area contributed by atoms with Gasteiger partial charge in [-0.25, -0.2) is 0 Å². The molecule has 126 valence electrons. The molecule has 2 saturated heterocycles. The summed E-state index contributed by atoms with van der Waals surface area (Å²) in [5, 5.41) is 0.550. The minimum Gasteiger partial charge on any atom is -0.378 e. The molecular weight excluding hydrogens is 318 g/mol. The van der Waals surface area contributed by atoms with Crippen molar-refractivity contribution in [1.29, 1.82) is 0 Å². The maximum Gasteiger partial charge on any atom is 0.270 e. The van der Waals surface area contributed by atoms with Gasteiger partial charge in [0.2, 0.25) is 5.91 Å². The quantitative estimate of drug-likeness (QED) is 0.818. The molecule has 0 N–H and O–H groups in total. The lowest BCUT2D eigenvalue weighted by molar-refractivity contribution is -0.141. The molecule has 7 heteroatoms. The summed E-state index contributed by atoms with van der Waals surface area (Å²) < 4.78 is 7.03. The predicted molar refractivity (Wildman–Crippen MR) is 86.4 cm³/mol. The lowest BCUT2D eigenvalue weighted by atomic mass is 9.96. The van der Waals surface area contributed by atoms with Crippen LogP contribution in [0.3, 0.4) is 0 Å². The Morgan fingerprint density at radius 3 is 2.61 bits per heavy atom. The average molecular weight is 340 g/mol. The SMILES string of the molecule is Cn1cc(Cl)cc1C(=O)N1CCC[C@@H](C(=O)N2CCOCC2)C1. The van der Waals surface area contributed by atoms with Crippen LogP contribution in [0.4, 0.5) is 0 Å². The number of ether oxygens (including phenoxy) is 1. The van der Waals surface area contributed by atoms with Crippen LogP contribution in [0.5, 0.6) is 0 Å². The third-order valence-electron chi connectivity index (χ3n) is 4.57. The number of nitrogens with zero attached hydrogens (tertiary/aromatic N) is 3. The average Bonchev–Trinajstić information content (AvgIpc) is 2.93. The van der Waals surface area contributed by atoms with Gasteiger partial charge in [0.25, 0.3) is 5.91 Å². The van der Waals surface area contributed by atoms with E-state index in [0.29, 0.717) is 50.1 Å². The first-order valence-corrected chi connectivity index (χ1v) is 8.41. The third-order valence-corrected chi connectivity index (χ3v) is 4.78. The van der Waals surface area contributed by atoms with E-state index in [-0.39, 0.29) is 17.7 Å². The Labute approximate surface area is 140 Å². The first-order valence-electron chi connectivity index (χ1n) is 8.04. The van der Waals surface area contributed by atoms with Crippen LogP contribution < -0.4 is 0 Å². The Bertz CT molecular complexity index is 595. The summed E-state index contributed by atoms with van der Waals surface area (Å²) in [6, 6.07) is 1.68. The second kappa shape index (κ2) is 6.93. The smallest absolute Gasteiger partial charge is 0.270 e. The molecule has 1 aromatic rings. The molecule has 23 heavy (non-hydrogen) atoms. The molecular formula is C16H22ClN3O3. The molecule has 0 spiro atoms. The molecule has 0 unspecified atom stereocenters. The number of amides is 2. The summed E-state index contributed by atoms with van der Waals surface area (Å²) in [6.45, 7) is 3.67. The molecule has 1 atom stereocenters. The third kappa shape index (κ3) is 3.53. The zero-order valence-corrected chi connectivity index (χ0v) is 14.1. The predicted octanol–water partition coefficient (Wildman–Crippen LogP) is 1.39. The number of hydrogen-bond donors (Lipinski definition) is 0. The van der Waals surface area contributed by atoms with Crippen LogP contribution >= 0.6 is 11.6 Å². The lowest BCUT2D eigenvalue weighted by Crippen LogP contribution is -2.49. The van der Waals surface area contributed by atoms with Gasteiger partial charge in [-0.15, -0.1) is 0 Å². The fraction of sp³-hybridized carbons (Fsp3) is 0.625. The molecule has 2 amide bonds. The monoisotopic (exact) mass is 339 g/mol. The van der Waals surface area contributed by atoms with E-state index in [2.05, 4.69) is 0 Å². The van der Waals surface area contributed by atoms with Gasteiger partial charge in [0.05, 0.1) is 24.2 Å². The highest BCUT2D eigenvalue weighted by Gasteiger charge is 2.32. The Balaban J connectivity index is 1.66. The van der Waals surface area contributed by atoms with Gasteiger partial charge >= 0.3 is 0 Å². The highest BCUT2D eigenvalue weighted by molar-refractivity contribution is 6.31. The van der Waals surface area contributed by atoms with Crippen LogP contribution in [-0.2, 0) is 16.6 Å². The minimum atomic E-state index is -0.110. The van der Waals surface area contributed by atoms with Gasteiger partial charge in [0.15, 0.2) is 0 Å². The minimum absolute atomic E-state index is 0.0566. The van der Waals surface area contributed by atoms with Crippen LogP contribution in [0.2, 0.25) is 5.02 Å². The number of hydrogen-bond acceptors (Lipinski definition) is 3. The molecule has 3 heterocycles. The van der Waals surface area contributed by atoms with Crippen LogP contribution in [0, 0.1) is 5.92 Å². The summed E-state index contributed by atoms with van der Waals surface area (Å²) in [4.78, 5) is 29.0. The van der Waals surface area contributed by atoms with Gasteiger partial charge in [0.1, 0.15) is 5.69 Å². The van der Waals surface area contributed by atoms with Crippen molar-refractivity contribution in [3.8, 4) is 0 Å². The zero-order chi connectivity index (χ0) is 16.4. The molecule has 1 aromatic heterocycles. The summed E-state index contributed by atoms with van der Waals surface area (Å²) in [6.07, 6.45) is 3.41. The van der Waals surface area contributed by atoms with E-state index in [1.807, 2.05) is 4.90 Å². The van der Waals surface area contributed by atoms with Crippen LogP contribution in [0.1, 0.15) is 23.3 Å². The molecule has 0 aromatic carbocycles. The molecule has 0 saturated carbocycles. The van der Waals surface area contributed by atoms with Gasteiger partial charge in [-0.1, -0.05) is 11.6 Å². The summed E-state index contributed by atoms with van der Waals surface area (Å²) in [5.74, 6) is -0.0175. The summed E-state index contributed by atoms with van der Waals surface area (Å²) in [7, 11) is 1.80. The molecule has 6 nitrogen and oxygen atoms in total. The molecule has 2 fully saturated rings. The van der Waals surface area contributed by atoms with E-state index >= 15 is 0 Å². The Kier molecular flexibility index (Phi) is 4.92. The van der Waals surface area contributed by atoms with Gasteiger partial charge in [0, 0.05) is 39.4 Å². The Morgan fingerprint density at radius 2 is 1.96 bits per heavy atom. The van der Waals surface area contributed by atoms with Crippen molar-refractivity contribution in [3.63, 3.8) is 0 Å². The van der Waals surface area contributed by atoms with E-state index in [9.17, 15) is 9.59 Å². The lowest BCUT2D eigenvalue weighted by Gasteiger charge is -2.36. The van der Waals surface area contributed by atoms with Crippen molar-refractivity contribution in [2.24, 2.45) is 13.0 Å². The Morgan fingerprint density at radius 1 is 1.22 bits per heavy atom. The number of carbonyl (C=O) groups excluding carboxylic acids is 2. The van der Waals surface area contributed by atoms with Crippen molar-refractivity contribution in [2.45, 2.75) is 12.8 Å². The standard InChI is InChI=1S/C16H22ClN3O3/c1-18-11-13(17)9-14(18)16(22)20-4-2-3-12(10-20)15(21)19-5-7-23-8-6-19/h9,11-12H,2-8,10H2,1H3/t12-/m1/s1. The molecule has 3 rings (SSSR count). The number of halogens is 1. The number of carbonyl (C=O) groups is 2. The number of rotatable bonds is 2. The second-order valence-corrected chi connectivity index (χ2v) is 6.62. The van der Waals surface area contributed by atoms with Crippen molar-refractivity contribution < 1.29 is 14.3 Å². The van der Waals surface area contributed by atoms with E-state index in [4.69, 9.17) is 16.3 Å². The summed E-state index contributed by atoms with van der Waals surface area (Å²) >= 11 is 5.97. The van der Waals surface area contributed by atoms with Crippen molar-refractivity contribution in [2.75, 3.05) is 39.4 Å². The fourth-order valence-electron chi connectivity index (χ4n) is 3.30. The molecule has 0 radical (unpaired) electrons. The number of aromatic nitrogens is 1. The maximum absolute atomic E-state index is 12.7. The van der Waals surface area contributed by atoms with Crippen LogP contribution in [-0.4, -0.2) is 65.6 Å². The van der Waals surface area contributed by atoms with E-state index in [1.54, 1.807) is 28.8 Å². The number of morpholine rings is 1. The van der Waals surface area contributed by atoms with Crippen molar-refractivity contribution in [1.82, 2.24) is 14.4 Å². The Hall–Kier alpha value is -1.53. The van der Waals surface area contributed by atoms with E-state index in [1.165, 1.54) is 0 Å². The highest BCUT2D eigenvalue weighted by atomic mass is 35.5. The zero-order valence-electron chi connectivity index (χ0n) is 13.3. The van der Waals surface area contributed by atoms with Gasteiger partial charge in [-0.05, 0) is 18.9 Å². The summed E-state index contributed by atoms with van der Waals surface area (Å²) in [5.41, 5.74) is 0.564. The van der Waals surface area contributed by atoms with Gasteiger partial charge < -0.3 is 19.1 Å². The molecule has 0 aliphatic carbocycles. The fourth-order valence-corrected chi connectivity index (χ4v) is 3.55. The van der Waals surface area contributed by atoms with Crippen LogP contribution in [0.15, 0.2) is 12.3 Å². The first kappa shape index (κ1) is 16.3. The molecule has 2 aliphatic rings. The number of aryl methyl sites for hydroxylation is 1. The number of piperidine rings is 1. The molecule has 2 aliphatic heterocycles. The second-order valence-electron chi connectivity index (χ2n) is 6.18.